The summed E-state index contributed by atoms with van der Waals surface area (Å²) in [5.74, 6) is 0. The number of nitro benzene ring substituents is 1. The maximum absolute atomic E-state index is 13.6. The smallest absolute Gasteiger partial charge is 0.280 e. The predicted molar refractivity (Wildman–Crippen MR) is 133 cm³/mol. The maximum atomic E-state index is 13.6. The van der Waals surface area contributed by atoms with Gasteiger partial charge in [-0.3, -0.25) is 18.5 Å². The van der Waals surface area contributed by atoms with Gasteiger partial charge in [-0.15, -0.1) is 0 Å². The van der Waals surface area contributed by atoms with Crippen LogP contribution in [0.4, 0.5) is 11.4 Å². The Labute approximate surface area is 221 Å². The van der Waals surface area contributed by atoms with Gasteiger partial charge < -0.3 is 4.90 Å². The third kappa shape index (κ3) is 10.3. The van der Waals surface area contributed by atoms with Crippen molar-refractivity contribution >= 4 is 51.8 Å². The van der Waals surface area contributed by atoms with E-state index in [4.69, 9.17) is 12.6 Å². The maximum Gasteiger partial charge on any atom is 0.280 e. The van der Waals surface area contributed by atoms with Gasteiger partial charge in [-0.2, -0.15) is 38.9 Å². The van der Waals surface area contributed by atoms with Crippen molar-refractivity contribution in [2.45, 2.75) is 4.90 Å². The second-order valence-corrected chi connectivity index (χ2v) is 14.8. The molecule has 0 radical (unpaired) electrons. The highest BCUT2D eigenvalue weighted by Crippen LogP contribution is 2.32. The van der Waals surface area contributed by atoms with Crippen LogP contribution < -0.4 is 4.90 Å². The molecule has 0 aliphatic carbocycles. The van der Waals surface area contributed by atoms with E-state index in [0.29, 0.717) is 0 Å². The molecular formula is C17H28N4O13S4. The molecule has 2 rings (SSSR count). The molecule has 0 aromatic heterocycles. The topological polar surface area (TPSA) is 217 Å². The van der Waals surface area contributed by atoms with Crippen molar-refractivity contribution in [1.29, 1.82) is 0 Å². The van der Waals surface area contributed by atoms with E-state index >= 15 is 0 Å². The Morgan fingerprint density at radius 3 is 1.76 bits per heavy atom. The molecule has 1 aliphatic heterocycles. The third-order valence-electron chi connectivity index (χ3n) is 4.87. The van der Waals surface area contributed by atoms with E-state index < -0.39 is 69.1 Å². The molecule has 0 amide bonds. The monoisotopic (exact) mass is 624 g/mol. The Bertz CT molecular complexity index is 1400. The van der Waals surface area contributed by atoms with Gasteiger partial charge in [-0.05, 0) is 6.07 Å². The summed E-state index contributed by atoms with van der Waals surface area (Å²) >= 11 is 0. The van der Waals surface area contributed by atoms with Crippen molar-refractivity contribution in [3.63, 3.8) is 0 Å². The van der Waals surface area contributed by atoms with Gasteiger partial charge >= 0.3 is 0 Å². The average Bonchev–Trinajstić information content (AvgIpc) is 2.75. The van der Waals surface area contributed by atoms with Crippen LogP contribution in [0.25, 0.3) is 0 Å². The van der Waals surface area contributed by atoms with E-state index in [-0.39, 0.29) is 45.0 Å². The fraction of sp³-hybridized carbons (Fsp3) is 0.647. The number of rotatable bonds is 14. The number of hydroxylamine groups is 2. The van der Waals surface area contributed by atoms with Crippen LogP contribution in [0.1, 0.15) is 0 Å². The second kappa shape index (κ2) is 12.5. The number of nitro groups is 1. The fourth-order valence-corrected chi connectivity index (χ4v) is 6.29. The van der Waals surface area contributed by atoms with Gasteiger partial charge in [0.05, 0.1) is 42.6 Å². The number of non-ortho nitro benzene ring substituents is 1. The van der Waals surface area contributed by atoms with Gasteiger partial charge in [-0.25, -0.2) is 8.42 Å². The molecule has 1 heterocycles. The van der Waals surface area contributed by atoms with E-state index in [1.165, 1.54) is 4.90 Å². The zero-order valence-corrected chi connectivity index (χ0v) is 23.9. The fourth-order valence-electron chi connectivity index (χ4n) is 3.35. The molecule has 0 bridgehead atoms. The van der Waals surface area contributed by atoms with Gasteiger partial charge in [0.2, 0.25) is 10.0 Å². The molecular weight excluding hydrogens is 596 g/mol. The molecule has 218 valence electrons. The molecule has 0 atom stereocenters. The molecule has 0 N–H and O–H groups in total. The van der Waals surface area contributed by atoms with Crippen LogP contribution in [0.2, 0.25) is 0 Å². The molecule has 1 aromatic rings. The average molecular weight is 625 g/mol. The molecule has 38 heavy (non-hydrogen) atoms. The van der Waals surface area contributed by atoms with Crippen LogP contribution >= 0.6 is 0 Å². The summed E-state index contributed by atoms with van der Waals surface area (Å²) in [6.45, 7) is -2.07. The second-order valence-electron chi connectivity index (χ2n) is 8.06. The Morgan fingerprint density at radius 2 is 1.34 bits per heavy atom. The molecule has 1 aromatic carbocycles. The van der Waals surface area contributed by atoms with E-state index in [1.807, 2.05) is 0 Å². The van der Waals surface area contributed by atoms with Crippen LogP contribution in [-0.2, 0) is 53.0 Å². The van der Waals surface area contributed by atoms with E-state index in [9.17, 15) is 43.8 Å². The highest BCUT2D eigenvalue weighted by Gasteiger charge is 2.34. The molecule has 0 unspecified atom stereocenters. The number of hydrogen-bond acceptors (Lipinski definition) is 15. The summed E-state index contributed by atoms with van der Waals surface area (Å²) in [4.78, 5) is 11.4. The summed E-state index contributed by atoms with van der Waals surface area (Å²) in [5.41, 5.74) is -0.647. The summed E-state index contributed by atoms with van der Waals surface area (Å²) in [7, 11) is -16.0. The van der Waals surface area contributed by atoms with Crippen molar-refractivity contribution in [1.82, 2.24) is 9.37 Å². The lowest BCUT2D eigenvalue weighted by molar-refractivity contribution is -0.385. The van der Waals surface area contributed by atoms with Crippen molar-refractivity contribution in [2.24, 2.45) is 0 Å². The largest absolute Gasteiger partial charge is 0.366 e. The van der Waals surface area contributed by atoms with E-state index in [2.05, 4.69) is 0 Å². The van der Waals surface area contributed by atoms with Crippen molar-refractivity contribution in [3.05, 3.63) is 28.3 Å². The number of hydrogen-bond donors (Lipinski definition) is 0. The predicted octanol–water partition coefficient (Wildman–Crippen LogP) is -1.45. The Morgan fingerprint density at radius 1 is 0.842 bits per heavy atom. The first kappa shape index (κ1) is 32.2. The van der Waals surface area contributed by atoms with Gasteiger partial charge in [0, 0.05) is 51.4 Å². The normalized spacial score (nSPS) is 16.4. The first-order chi connectivity index (χ1) is 17.3. The minimum atomic E-state index is -4.43. The number of anilines is 1. The van der Waals surface area contributed by atoms with Crippen molar-refractivity contribution in [3.8, 4) is 0 Å². The third-order valence-corrected chi connectivity index (χ3v) is 8.47. The molecule has 1 saturated heterocycles. The van der Waals surface area contributed by atoms with Gasteiger partial charge in [0.15, 0.2) is 0 Å². The van der Waals surface area contributed by atoms with Crippen LogP contribution in [-0.4, -0.2) is 119 Å². The molecule has 17 nitrogen and oxygen atoms in total. The summed E-state index contributed by atoms with van der Waals surface area (Å²) < 4.78 is 111. The minimum Gasteiger partial charge on any atom is -0.366 e. The lowest BCUT2D eigenvalue weighted by Crippen LogP contribution is -2.49. The molecule has 0 saturated carbocycles. The first-order valence-corrected chi connectivity index (χ1v) is 17.5. The zero-order chi connectivity index (χ0) is 28.9. The lowest BCUT2D eigenvalue weighted by Gasteiger charge is -2.33. The molecule has 0 spiro atoms. The van der Waals surface area contributed by atoms with Gasteiger partial charge in [0.25, 0.3) is 36.0 Å². The van der Waals surface area contributed by atoms with E-state index in [1.54, 1.807) is 0 Å². The summed E-state index contributed by atoms with van der Waals surface area (Å²) in [6.07, 6.45) is 2.44. The number of sulfonamides is 1. The van der Waals surface area contributed by atoms with Gasteiger partial charge in [-0.1, -0.05) is 0 Å². The summed E-state index contributed by atoms with van der Waals surface area (Å²) in [6, 6.07) is 2.99. The minimum absolute atomic E-state index is 0.0976. The van der Waals surface area contributed by atoms with Crippen LogP contribution in [0.3, 0.4) is 0 Å². The number of nitrogens with zero attached hydrogens (tertiary/aromatic N) is 4. The molecule has 1 aliphatic rings. The summed E-state index contributed by atoms with van der Waals surface area (Å²) in [5, 5.41) is 12.5. The van der Waals surface area contributed by atoms with Gasteiger partial charge in [0.1, 0.15) is 4.90 Å². The first-order valence-electron chi connectivity index (χ1n) is 10.7. The number of piperazine rings is 1. The zero-order valence-electron chi connectivity index (χ0n) is 20.6. The quantitative estimate of drug-likeness (QED) is 0.131. The molecule has 21 heteroatoms. The SMILES string of the molecule is CS(=O)(=O)OCCN(CCOS(C)(=O)=O)c1ccc([N+](=O)[O-])cc1S(=O)(=O)N1CCN(OS(C)(=O)=O)CC1. The van der Waals surface area contributed by atoms with Crippen molar-refractivity contribution in [2.75, 3.05) is 76.1 Å². The van der Waals surface area contributed by atoms with Crippen LogP contribution in [0.5, 0.6) is 0 Å². The number of benzene rings is 1. The highest BCUT2D eigenvalue weighted by atomic mass is 32.2. The molecule has 1 fully saturated rings. The Balaban J connectivity index is 2.45. The Kier molecular flexibility index (Phi) is 10.6. The Hall–Kier alpha value is -1.98. The van der Waals surface area contributed by atoms with Crippen LogP contribution in [0, 0.1) is 10.1 Å². The van der Waals surface area contributed by atoms with Crippen LogP contribution in [0.15, 0.2) is 23.1 Å². The lowest BCUT2D eigenvalue weighted by atomic mass is 10.2. The highest BCUT2D eigenvalue weighted by molar-refractivity contribution is 7.89. The standard InChI is InChI=1S/C17H28N4O13S4/c1-35(24,25)32-12-10-18(11-13-33-36(2,26)27)16-5-4-15(21(22)23)14-17(16)38(30,31)20-8-6-19(7-9-20)34-37(3,28)29/h4-5,14H,6-13H2,1-3H3. The van der Waals surface area contributed by atoms with Crippen molar-refractivity contribution < 1.29 is 51.2 Å². The van der Waals surface area contributed by atoms with E-state index in [0.717, 1.165) is 46.3 Å².